The summed E-state index contributed by atoms with van der Waals surface area (Å²) in [5.74, 6) is 0.798. The average Bonchev–Trinajstić information content (AvgIpc) is 2.60. The Hall–Kier alpha value is -2.63. The van der Waals surface area contributed by atoms with E-state index in [1.807, 2.05) is 45.0 Å². The molecule has 1 atom stereocenters. The molecule has 0 radical (unpaired) electrons. The van der Waals surface area contributed by atoms with Gasteiger partial charge in [0.25, 0.3) is 0 Å². The zero-order chi connectivity index (χ0) is 18.2. The molecule has 0 aliphatic carbocycles. The maximum Gasteiger partial charge on any atom is 0.207 e. The highest BCUT2D eigenvalue weighted by molar-refractivity contribution is 5.48. The minimum Gasteiger partial charge on any atom is -0.487 e. The fourth-order valence-electron chi connectivity index (χ4n) is 2.38. The zero-order valence-corrected chi connectivity index (χ0v) is 14.3. The summed E-state index contributed by atoms with van der Waals surface area (Å²) in [6, 6.07) is 7.38. The number of rotatable bonds is 5. The SMILES string of the molecule is CC.[3H]C(=O)N[C@@H](C)c1ccc(OC2CN(c3cncnc3)C2)cc1. The largest absolute Gasteiger partial charge is 0.487 e. The van der Waals surface area contributed by atoms with Crippen LogP contribution in [0.15, 0.2) is 43.0 Å². The van der Waals surface area contributed by atoms with Gasteiger partial charge in [-0.2, -0.15) is 0 Å². The first kappa shape index (κ1) is 16.2. The van der Waals surface area contributed by atoms with Crippen molar-refractivity contribution < 1.29 is 10.9 Å². The van der Waals surface area contributed by atoms with Gasteiger partial charge in [0.05, 0.1) is 37.2 Å². The van der Waals surface area contributed by atoms with Gasteiger partial charge >= 0.3 is 0 Å². The molecule has 1 aromatic heterocycles. The third kappa shape index (κ3) is 4.44. The molecule has 0 saturated carbocycles. The second-order valence-corrected chi connectivity index (χ2v) is 5.28. The number of benzene rings is 1. The summed E-state index contributed by atoms with van der Waals surface area (Å²) in [7, 11) is 0. The molecule has 0 bridgehead atoms. The molecular formula is C18H24N4O2. The number of ether oxygens (including phenoxy) is 1. The summed E-state index contributed by atoms with van der Waals surface area (Å²) in [4.78, 5) is 20.9. The number of aromatic nitrogens is 2. The van der Waals surface area contributed by atoms with Gasteiger partial charge in [-0.15, -0.1) is 0 Å². The smallest absolute Gasteiger partial charge is 0.207 e. The van der Waals surface area contributed by atoms with Crippen LogP contribution in [0.4, 0.5) is 5.69 Å². The van der Waals surface area contributed by atoms with Gasteiger partial charge in [-0.25, -0.2) is 9.97 Å². The Bertz CT molecular complexity index is 661. The van der Waals surface area contributed by atoms with Crippen LogP contribution < -0.4 is 15.0 Å². The molecule has 2 aromatic rings. The number of anilines is 1. The van der Waals surface area contributed by atoms with Crippen LogP contribution >= 0.6 is 0 Å². The van der Waals surface area contributed by atoms with Crippen LogP contribution in [0.3, 0.4) is 0 Å². The van der Waals surface area contributed by atoms with E-state index >= 15 is 0 Å². The lowest BCUT2D eigenvalue weighted by molar-refractivity contribution is -0.110. The van der Waals surface area contributed by atoms with Gasteiger partial charge in [-0.1, -0.05) is 26.0 Å². The van der Waals surface area contributed by atoms with Crippen LogP contribution in [0.25, 0.3) is 0 Å². The summed E-state index contributed by atoms with van der Waals surface area (Å²) in [6.07, 6.45) is 4.46. The Morgan fingerprint density at radius 2 is 1.92 bits per heavy atom. The van der Waals surface area contributed by atoms with Crippen molar-refractivity contribution in [1.82, 2.24) is 15.3 Å². The number of carbonyl (C=O) groups is 1. The van der Waals surface area contributed by atoms with Crippen LogP contribution in [0.5, 0.6) is 5.75 Å². The van der Waals surface area contributed by atoms with Gasteiger partial charge in [0.15, 0.2) is 0 Å². The Morgan fingerprint density at radius 3 is 2.50 bits per heavy atom. The zero-order valence-electron chi connectivity index (χ0n) is 15.3. The Morgan fingerprint density at radius 1 is 1.29 bits per heavy atom. The van der Waals surface area contributed by atoms with Crippen LogP contribution in [0.1, 0.15) is 33.7 Å². The fraction of sp³-hybridized carbons (Fsp3) is 0.389. The molecule has 24 heavy (non-hydrogen) atoms. The van der Waals surface area contributed by atoms with E-state index in [1.54, 1.807) is 12.4 Å². The lowest BCUT2D eigenvalue weighted by Gasteiger charge is -2.40. The van der Waals surface area contributed by atoms with Crippen molar-refractivity contribution in [3.05, 3.63) is 48.5 Å². The van der Waals surface area contributed by atoms with Crippen molar-refractivity contribution in [3.63, 3.8) is 0 Å². The summed E-state index contributed by atoms with van der Waals surface area (Å²) < 4.78 is 12.8. The molecule has 3 rings (SSSR count). The monoisotopic (exact) mass is 330 g/mol. The molecule has 1 aliphatic heterocycles. The Kier molecular flexibility index (Phi) is 5.99. The predicted octanol–water partition coefficient (Wildman–Crippen LogP) is 2.58. The quantitative estimate of drug-likeness (QED) is 0.854. The second kappa shape index (κ2) is 8.86. The number of nitrogens with one attached hydrogen (secondary N) is 1. The highest BCUT2D eigenvalue weighted by Gasteiger charge is 2.28. The van der Waals surface area contributed by atoms with Gasteiger partial charge < -0.3 is 15.0 Å². The molecule has 0 unspecified atom stereocenters. The Labute approximate surface area is 144 Å². The standard InChI is InChI=1S/C16H18N4O2.C2H6/c1-12(19-11-21)13-2-4-15(5-3-13)22-16-8-20(9-16)14-6-17-10-18-7-14;1-2/h2-7,10-12,16H,8-9H2,1H3,(H,19,21);1-2H3/t12-;/m0./s1/i11T;. The molecule has 1 aromatic carbocycles. The van der Waals surface area contributed by atoms with Gasteiger partial charge in [0, 0.05) is 0 Å². The molecular weight excluding hydrogens is 304 g/mol. The number of amides is 1. The molecule has 1 saturated heterocycles. The van der Waals surface area contributed by atoms with Crippen molar-refractivity contribution in [2.75, 3.05) is 18.0 Å². The van der Waals surface area contributed by atoms with E-state index in [1.165, 1.54) is 6.33 Å². The first-order valence-electron chi connectivity index (χ1n) is 8.65. The van der Waals surface area contributed by atoms with Crippen LogP contribution in [0, 0.1) is 0 Å². The summed E-state index contributed by atoms with van der Waals surface area (Å²) in [5, 5.41) is 2.53. The van der Waals surface area contributed by atoms with E-state index in [0.717, 1.165) is 30.1 Å². The first-order valence-corrected chi connectivity index (χ1v) is 8.15. The van der Waals surface area contributed by atoms with E-state index in [2.05, 4.69) is 20.2 Å². The van der Waals surface area contributed by atoms with Crippen molar-refractivity contribution in [3.8, 4) is 5.75 Å². The van der Waals surface area contributed by atoms with Crippen molar-refractivity contribution in [1.29, 1.82) is 0 Å². The Balaban J connectivity index is 0.00000109. The highest BCUT2D eigenvalue weighted by atomic mass is 16.5. The number of hydrogen-bond acceptors (Lipinski definition) is 5. The average molecular weight is 330 g/mol. The number of carbonyl (C=O) groups excluding carboxylic acids is 1. The second-order valence-electron chi connectivity index (χ2n) is 5.28. The summed E-state index contributed by atoms with van der Waals surface area (Å²) in [5.41, 5.74) is 1.94. The van der Waals surface area contributed by atoms with E-state index in [-0.39, 0.29) is 12.1 Å². The molecule has 0 spiro atoms. The topological polar surface area (TPSA) is 67.3 Å². The lowest BCUT2D eigenvalue weighted by Crippen LogP contribution is -2.54. The van der Waals surface area contributed by atoms with Gasteiger partial charge in [0.1, 0.15) is 19.6 Å². The molecule has 1 fully saturated rings. The summed E-state index contributed by atoms with van der Waals surface area (Å²) >= 11 is 0. The molecule has 1 aliphatic rings. The van der Waals surface area contributed by atoms with Crippen LogP contribution in [-0.2, 0) is 4.79 Å². The van der Waals surface area contributed by atoms with Gasteiger partial charge in [0.2, 0.25) is 6.39 Å². The van der Waals surface area contributed by atoms with Gasteiger partial charge in [-0.05, 0) is 24.6 Å². The predicted molar refractivity (Wildman–Crippen MR) is 94.1 cm³/mol. The normalized spacial score (nSPS) is 15.3. The van der Waals surface area contributed by atoms with E-state index in [4.69, 9.17) is 6.11 Å². The highest BCUT2D eigenvalue weighted by Crippen LogP contribution is 2.24. The van der Waals surface area contributed by atoms with Crippen LogP contribution in [-0.4, -0.2) is 35.5 Å². The molecule has 128 valence electrons. The van der Waals surface area contributed by atoms with Gasteiger partial charge in [-0.3, -0.25) is 4.79 Å². The third-order valence-corrected chi connectivity index (χ3v) is 3.72. The van der Waals surface area contributed by atoms with E-state index in [9.17, 15) is 4.79 Å². The van der Waals surface area contributed by atoms with Crippen LogP contribution in [0.2, 0.25) is 0 Å². The van der Waals surface area contributed by atoms with Crippen molar-refractivity contribution in [2.45, 2.75) is 32.9 Å². The molecule has 1 N–H and O–H groups in total. The third-order valence-electron chi connectivity index (χ3n) is 3.72. The van der Waals surface area contributed by atoms with E-state index in [0.29, 0.717) is 0 Å². The van der Waals surface area contributed by atoms with E-state index < -0.39 is 6.39 Å². The maximum atomic E-state index is 10.8. The molecule has 6 nitrogen and oxygen atoms in total. The summed E-state index contributed by atoms with van der Waals surface area (Å²) in [6.45, 7) is 7.45. The molecule has 2 heterocycles. The van der Waals surface area contributed by atoms with Crippen molar-refractivity contribution >= 4 is 12.1 Å². The first-order chi connectivity index (χ1) is 12.1. The number of hydrogen-bond donors (Lipinski definition) is 1. The maximum absolute atomic E-state index is 10.8. The molecule has 6 heteroatoms. The lowest BCUT2D eigenvalue weighted by atomic mass is 10.1. The number of nitrogens with zero attached hydrogens (tertiary/aromatic N) is 3. The minimum absolute atomic E-state index is 0.145. The van der Waals surface area contributed by atoms with Crippen molar-refractivity contribution in [2.24, 2.45) is 0 Å². The fourth-order valence-corrected chi connectivity index (χ4v) is 2.38. The molecule has 1 amide bonds. The minimum atomic E-state index is -0.780.